The molecule has 12 heteroatoms. The Morgan fingerprint density at radius 3 is 2.72 bits per heavy atom. The lowest BCUT2D eigenvalue weighted by Gasteiger charge is -2.07. The minimum absolute atomic E-state index is 0.0747. The summed E-state index contributed by atoms with van der Waals surface area (Å²) in [6, 6.07) is 9.42. The monoisotopic (exact) mass is 452 g/mol. The lowest BCUT2D eigenvalue weighted by molar-refractivity contribution is -0.384. The number of carbonyl (C=O) groups excluding carboxylic acids is 1. The summed E-state index contributed by atoms with van der Waals surface area (Å²) >= 11 is 13.1. The van der Waals surface area contributed by atoms with Crippen LogP contribution in [0.15, 0.2) is 41.6 Å². The smallest absolute Gasteiger partial charge is 0.293 e. The van der Waals surface area contributed by atoms with Gasteiger partial charge in [0.1, 0.15) is 5.69 Å². The Balaban J connectivity index is 1.70. The largest absolute Gasteiger partial charge is 0.335 e. The lowest BCUT2D eigenvalue weighted by atomic mass is 10.2. The molecule has 0 spiro atoms. The molecule has 0 radical (unpaired) electrons. The zero-order valence-electron chi connectivity index (χ0n) is 14.9. The molecule has 1 aromatic heterocycles. The van der Waals surface area contributed by atoms with Crippen molar-refractivity contribution in [3.8, 4) is 11.4 Å². The standard InChI is InChI=1S/C17H14Cl2N6O3S/c1-9-2-5-13(14(6-9)25(27)28)21-15(26)8-29-17-23-22-16(24(17)20)11-4-3-10(18)7-12(11)19/h2-7H,8,20H2,1H3,(H,21,26). The molecule has 0 aliphatic heterocycles. The predicted molar refractivity (Wildman–Crippen MR) is 113 cm³/mol. The van der Waals surface area contributed by atoms with Gasteiger partial charge in [-0.1, -0.05) is 41.0 Å². The second-order valence-corrected chi connectivity index (χ2v) is 7.70. The van der Waals surface area contributed by atoms with Gasteiger partial charge in [0.15, 0.2) is 5.82 Å². The first-order valence-corrected chi connectivity index (χ1v) is 9.84. The molecule has 9 nitrogen and oxygen atoms in total. The van der Waals surface area contributed by atoms with Crippen LogP contribution in [0.3, 0.4) is 0 Å². The fourth-order valence-corrected chi connectivity index (χ4v) is 3.59. The highest BCUT2D eigenvalue weighted by molar-refractivity contribution is 7.99. The van der Waals surface area contributed by atoms with E-state index in [1.165, 1.54) is 16.8 Å². The molecule has 0 aliphatic rings. The number of aromatic nitrogens is 3. The Morgan fingerprint density at radius 1 is 1.28 bits per heavy atom. The van der Waals surface area contributed by atoms with E-state index in [0.717, 1.165) is 11.8 Å². The average molecular weight is 453 g/mol. The third-order valence-corrected chi connectivity index (χ3v) is 5.28. The van der Waals surface area contributed by atoms with E-state index in [9.17, 15) is 14.9 Å². The lowest BCUT2D eigenvalue weighted by Crippen LogP contribution is -2.17. The molecule has 0 saturated heterocycles. The van der Waals surface area contributed by atoms with Crippen molar-refractivity contribution in [2.45, 2.75) is 12.1 Å². The molecule has 1 amide bonds. The van der Waals surface area contributed by atoms with Crippen LogP contribution in [-0.2, 0) is 4.79 Å². The number of benzene rings is 2. The third kappa shape index (κ3) is 4.78. The number of rotatable bonds is 6. The molecule has 0 saturated carbocycles. The van der Waals surface area contributed by atoms with Crippen LogP contribution in [0.25, 0.3) is 11.4 Å². The maximum absolute atomic E-state index is 12.2. The van der Waals surface area contributed by atoms with Crippen LogP contribution in [0, 0.1) is 17.0 Å². The van der Waals surface area contributed by atoms with E-state index in [1.807, 2.05) is 0 Å². The van der Waals surface area contributed by atoms with Crippen LogP contribution in [0.4, 0.5) is 11.4 Å². The van der Waals surface area contributed by atoms with Gasteiger partial charge in [-0.05, 0) is 36.8 Å². The van der Waals surface area contributed by atoms with Crippen LogP contribution < -0.4 is 11.2 Å². The molecule has 1 heterocycles. The summed E-state index contributed by atoms with van der Waals surface area (Å²) in [4.78, 5) is 22.8. The van der Waals surface area contributed by atoms with Gasteiger partial charge in [-0.25, -0.2) is 4.68 Å². The number of hydrogen-bond donors (Lipinski definition) is 2. The third-order valence-electron chi connectivity index (χ3n) is 3.79. The second-order valence-electron chi connectivity index (χ2n) is 5.91. The van der Waals surface area contributed by atoms with Gasteiger partial charge in [0, 0.05) is 16.7 Å². The number of nitrogen functional groups attached to an aromatic ring is 1. The van der Waals surface area contributed by atoms with Crippen molar-refractivity contribution in [1.29, 1.82) is 0 Å². The first kappa shape index (κ1) is 20.9. The number of aryl methyl sites for hydroxylation is 1. The minimum atomic E-state index is -0.547. The molecule has 0 aliphatic carbocycles. The SMILES string of the molecule is Cc1ccc(NC(=O)CSc2nnc(-c3ccc(Cl)cc3Cl)n2N)c([N+](=O)[O-])c1. The molecule has 0 bridgehead atoms. The van der Waals surface area contributed by atoms with Gasteiger partial charge in [-0.15, -0.1) is 10.2 Å². The van der Waals surface area contributed by atoms with Crippen LogP contribution in [0.1, 0.15) is 5.56 Å². The molecule has 0 unspecified atom stereocenters. The summed E-state index contributed by atoms with van der Waals surface area (Å²) in [6.45, 7) is 1.73. The van der Waals surface area contributed by atoms with Crippen LogP contribution in [0.5, 0.6) is 0 Å². The van der Waals surface area contributed by atoms with E-state index in [0.29, 0.717) is 27.0 Å². The molecule has 3 rings (SSSR count). The summed E-state index contributed by atoms with van der Waals surface area (Å²) in [6.07, 6.45) is 0. The zero-order valence-corrected chi connectivity index (χ0v) is 17.3. The maximum Gasteiger partial charge on any atom is 0.293 e. The zero-order chi connectivity index (χ0) is 21.1. The number of thioether (sulfide) groups is 1. The first-order chi connectivity index (χ1) is 13.8. The van der Waals surface area contributed by atoms with E-state index in [-0.39, 0.29) is 22.3 Å². The number of anilines is 1. The number of nitro groups is 1. The van der Waals surface area contributed by atoms with Crippen molar-refractivity contribution in [1.82, 2.24) is 14.9 Å². The maximum atomic E-state index is 12.2. The molecule has 150 valence electrons. The van der Waals surface area contributed by atoms with Gasteiger partial charge in [0.25, 0.3) is 5.69 Å². The van der Waals surface area contributed by atoms with Crippen molar-refractivity contribution in [2.75, 3.05) is 16.9 Å². The highest BCUT2D eigenvalue weighted by Gasteiger charge is 2.18. The highest BCUT2D eigenvalue weighted by Crippen LogP contribution is 2.30. The molecular formula is C17H14Cl2N6O3S. The van der Waals surface area contributed by atoms with E-state index < -0.39 is 10.8 Å². The van der Waals surface area contributed by atoms with Gasteiger partial charge in [0.05, 0.1) is 15.7 Å². The summed E-state index contributed by atoms with van der Waals surface area (Å²) in [5, 5.41) is 22.8. The van der Waals surface area contributed by atoms with E-state index in [1.54, 1.807) is 31.2 Å². The number of hydrogen-bond acceptors (Lipinski definition) is 7. The number of amides is 1. The number of nitrogens with two attached hydrogens (primary N) is 1. The van der Waals surface area contributed by atoms with Crippen LogP contribution in [-0.4, -0.2) is 31.5 Å². The van der Waals surface area contributed by atoms with Crippen molar-refractivity contribution in [3.05, 3.63) is 62.1 Å². The van der Waals surface area contributed by atoms with E-state index in [4.69, 9.17) is 29.0 Å². The Labute approximate surface area is 179 Å². The summed E-state index contributed by atoms with van der Waals surface area (Å²) in [5.41, 5.74) is 1.20. The van der Waals surface area contributed by atoms with Gasteiger partial charge in [-0.3, -0.25) is 14.9 Å². The van der Waals surface area contributed by atoms with Crippen molar-refractivity contribution < 1.29 is 9.72 Å². The predicted octanol–water partition coefficient (Wildman–Crippen LogP) is 3.91. The molecule has 29 heavy (non-hydrogen) atoms. The van der Waals surface area contributed by atoms with Crippen molar-refractivity contribution >= 4 is 52.2 Å². The number of halogens is 2. The quantitative estimate of drug-likeness (QED) is 0.251. The number of nitrogens with one attached hydrogen (secondary N) is 1. The van der Waals surface area contributed by atoms with Gasteiger partial charge in [-0.2, -0.15) is 0 Å². The molecular weight excluding hydrogens is 439 g/mol. The summed E-state index contributed by atoms with van der Waals surface area (Å²) in [7, 11) is 0. The second kappa shape index (κ2) is 8.68. The average Bonchev–Trinajstić information content (AvgIpc) is 3.02. The van der Waals surface area contributed by atoms with Gasteiger partial charge < -0.3 is 11.2 Å². The highest BCUT2D eigenvalue weighted by atomic mass is 35.5. The number of carbonyl (C=O) groups is 1. The van der Waals surface area contributed by atoms with E-state index >= 15 is 0 Å². The Hall–Kier alpha value is -2.82. The Kier molecular flexibility index (Phi) is 6.26. The topological polar surface area (TPSA) is 129 Å². The van der Waals surface area contributed by atoms with Crippen molar-refractivity contribution in [3.63, 3.8) is 0 Å². The molecule has 0 fully saturated rings. The van der Waals surface area contributed by atoms with Crippen LogP contribution >= 0.6 is 35.0 Å². The summed E-state index contributed by atoms with van der Waals surface area (Å²) < 4.78 is 1.21. The molecule has 3 N–H and O–H groups in total. The van der Waals surface area contributed by atoms with Crippen molar-refractivity contribution in [2.24, 2.45) is 0 Å². The summed E-state index contributed by atoms with van der Waals surface area (Å²) in [5.74, 6) is 5.81. The van der Waals surface area contributed by atoms with Gasteiger partial charge >= 0.3 is 0 Å². The normalized spacial score (nSPS) is 10.7. The first-order valence-electron chi connectivity index (χ1n) is 8.10. The number of nitro benzene ring substituents is 1. The number of nitrogens with zero attached hydrogens (tertiary/aromatic N) is 4. The van der Waals surface area contributed by atoms with Crippen LogP contribution in [0.2, 0.25) is 10.0 Å². The Morgan fingerprint density at radius 2 is 2.03 bits per heavy atom. The Bertz CT molecular complexity index is 1100. The molecule has 2 aromatic carbocycles. The molecule has 0 atom stereocenters. The molecule has 3 aromatic rings. The fraction of sp³-hybridized carbons (Fsp3) is 0.118. The van der Waals surface area contributed by atoms with E-state index in [2.05, 4.69) is 15.5 Å². The minimum Gasteiger partial charge on any atom is -0.335 e. The fourth-order valence-electron chi connectivity index (χ4n) is 2.44. The van der Waals surface area contributed by atoms with Gasteiger partial charge in [0.2, 0.25) is 11.1 Å².